The molecule has 140 valence electrons. The highest BCUT2D eigenvalue weighted by molar-refractivity contribution is 7.23. The third-order valence-electron chi connectivity index (χ3n) is 3.93. The van der Waals surface area contributed by atoms with Crippen molar-refractivity contribution in [3.63, 3.8) is 0 Å². The Morgan fingerprint density at radius 3 is 2.82 bits per heavy atom. The fourth-order valence-corrected chi connectivity index (χ4v) is 3.82. The summed E-state index contributed by atoms with van der Waals surface area (Å²) in [7, 11) is 0. The lowest BCUT2D eigenvalue weighted by Gasteiger charge is -2.08. The molecule has 7 nitrogen and oxygen atoms in total. The largest absolute Gasteiger partial charge is 0.504 e. The van der Waals surface area contributed by atoms with Crippen molar-refractivity contribution in [3.05, 3.63) is 60.7 Å². The molecule has 0 bridgehead atoms. The maximum absolute atomic E-state index is 10.8. The Labute approximate surface area is 165 Å². The summed E-state index contributed by atoms with van der Waals surface area (Å²) in [6.07, 6.45) is 4.70. The lowest BCUT2D eigenvalue weighted by Crippen LogP contribution is -1.95. The van der Waals surface area contributed by atoms with E-state index in [1.807, 2.05) is 49.4 Å². The van der Waals surface area contributed by atoms with Gasteiger partial charge in [-0.25, -0.2) is 9.97 Å². The molecule has 2 N–H and O–H groups in total. The Morgan fingerprint density at radius 2 is 2.00 bits per heavy atom. The molecule has 0 aliphatic rings. The molecule has 1 aromatic carbocycles. The predicted molar refractivity (Wildman–Crippen MR) is 111 cm³/mol. The Bertz CT molecular complexity index is 1130. The summed E-state index contributed by atoms with van der Waals surface area (Å²) in [5.74, 6) is 1.33. The van der Waals surface area contributed by atoms with Crippen molar-refractivity contribution < 1.29 is 9.84 Å². The highest BCUT2D eigenvalue weighted by Gasteiger charge is 2.19. The highest BCUT2D eigenvalue weighted by atomic mass is 32.1. The normalized spacial score (nSPS) is 11.2. The average molecular weight is 391 g/mol. The summed E-state index contributed by atoms with van der Waals surface area (Å²) >= 11 is 1.38. The molecular formula is C20H17N5O2S. The first kappa shape index (κ1) is 17.9. The maximum atomic E-state index is 10.8. The van der Waals surface area contributed by atoms with Crippen LogP contribution >= 0.6 is 11.3 Å². The minimum atomic E-state index is 0.103. The first-order chi connectivity index (χ1) is 13.8. The Kier molecular flexibility index (Phi) is 5.11. The summed E-state index contributed by atoms with van der Waals surface area (Å²) < 4.78 is 6.41. The van der Waals surface area contributed by atoms with Crippen LogP contribution < -0.4 is 10.2 Å². The topological polar surface area (TPSA) is 92.5 Å². The van der Waals surface area contributed by atoms with Crippen LogP contribution in [0.25, 0.3) is 20.7 Å². The molecule has 4 aromatic rings. The summed E-state index contributed by atoms with van der Waals surface area (Å²) in [6.45, 7) is 2.46. The number of para-hydroxylation sites is 1. The van der Waals surface area contributed by atoms with Crippen LogP contribution in [0.3, 0.4) is 0 Å². The molecule has 3 aromatic heterocycles. The minimum Gasteiger partial charge on any atom is -0.504 e. The van der Waals surface area contributed by atoms with Crippen LogP contribution in [0, 0.1) is 0 Å². The number of hydrogen-bond acceptors (Lipinski definition) is 8. The van der Waals surface area contributed by atoms with E-state index in [1.54, 1.807) is 12.4 Å². The van der Waals surface area contributed by atoms with Gasteiger partial charge in [0.25, 0.3) is 0 Å². The van der Waals surface area contributed by atoms with Gasteiger partial charge in [0, 0.05) is 11.8 Å². The zero-order chi connectivity index (χ0) is 19.3. The van der Waals surface area contributed by atoms with Gasteiger partial charge in [0.05, 0.1) is 23.4 Å². The predicted octanol–water partition coefficient (Wildman–Crippen LogP) is 4.30. The standard InChI is InChI=1S/C20H17N5O2S/c1-2-27-15-9-4-3-8-14(15)18-17(26)16-19(28-18)20(23-12-22-16)25-24-11-13-7-5-6-10-21-13/h3-12,26H,2H2,1H3,(H,22,23,25). The average Bonchev–Trinajstić information content (AvgIpc) is 3.07. The van der Waals surface area contributed by atoms with E-state index in [9.17, 15) is 5.11 Å². The molecule has 0 aliphatic heterocycles. The highest BCUT2D eigenvalue weighted by Crippen LogP contribution is 2.47. The van der Waals surface area contributed by atoms with E-state index >= 15 is 0 Å². The molecule has 0 radical (unpaired) electrons. The van der Waals surface area contributed by atoms with Gasteiger partial charge in [-0.05, 0) is 31.2 Å². The number of nitrogens with zero attached hydrogens (tertiary/aromatic N) is 4. The van der Waals surface area contributed by atoms with E-state index in [0.717, 1.165) is 11.3 Å². The number of thiophene rings is 1. The van der Waals surface area contributed by atoms with Crippen molar-refractivity contribution in [1.29, 1.82) is 0 Å². The number of ether oxygens (including phenoxy) is 1. The van der Waals surface area contributed by atoms with Crippen LogP contribution in [0.2, 0.25) is 0 Å². The fraction of sp³-hybridized carbons (Fsp3) is 0.100. The van der Waals surface area contributed by atoms with Gasteiger partial charge in [0.15, 0.2) is 11.6 Å². The van der Waals surface area contributed by atoms with Crippen LogP contribution in [-0.2, 0) is 0 Å². The zero-order valence-electron chi connectivity index (χ0n) is 15.0. The number of benzene rings is 1. The van der Waals surface area contributed by atoms with Crippen molar-refractivity contribution in [3.8, 4) is 21.9 Å². The first-order valence-corrected chi connectivity index (χ1v) is 9.48. The number of fused-ring (bicyclic) bond motifs is 1. The molecule has 0 amide bonds. The zero-order valence-corrected chi connectivity index (χ0v) is 15.8. The second-order valence-electron chi connectivity index (χ2n) is 5.73. The van der Waals surface area contributed by atoms with Crippen molar-refractivity contribution in [1.82, 2.24) is 15.0 Å². The molecule has 3 heterocycles. The molecule has 0 unspecified atom stereocenters. The van der Waals surface area contributed by atoms with E-state index in [0.29, 0.717) is 33.3 Å². The number of rotatable bonds is 6. The molecule has 0 saturated heterocycles. The van der Waals surface area contributed by atoms with Crippen LogP contribution in [0.1, 0.15) is 12.6 Å². The number of aromatic hydroxyl groups is 1. The Hall–Kier alpha value is -3.52. The van der Waals surface area contributed by atoms with Crippen molar-refractivity contribution in [2.75, 3.05) is 12.0 Å². The van der Waals surface area contributed by atoms with Crippen LogP contribution in [0.4, 0.5) is 5.82 Å². The van der Waals surface area contributed by atoms with E-state index in [1.165, 1.54) is 17.7 Å². The Balaban J connectivity index is 1.72. The third-order valence-corrected chi connectivity index (χ3v) is 5.14. The van der Waals surface area contributed by atoms with Crippen LogP contribution in [0.15, 0.2) is 60.1 Å². The van der Waals surface area contributed by atoms with Crippen LogP contribution in [0.5, 0.6) is 11.5 Å². The van der Waals surface area contributed by atoms with E-state index < -0.39 is 0 Å². The van der Waals surface area contributed by atoms with Crippen molar-refractivity contribution in [2.24, 2.45) is 5.10 Å². The van der Waals surface area contributed by atoms with Gasteiger partial charge in [-0.1, -0.05) is 18.2 Å². The number of anilines is 1. The second kappa shape index (κ2) is 8.01. The van der Waals surface area contributed by atoms with Gasteiger partial charge in [0.1, 0.15) is 22.3 Å². The first-order valence-electron chi connectivity index (χ1n) is 8.66. The van der Waals surface area contributed by atoms with Gasteiger partial charge in [-0.3, -0.25) is 10.4 Å². The quantitative estimate of drug-likeness (QED) is 0.376. The third kappa shape index (κ3) is 3.49. The molecule has 0 atom stereocenters. The van der Waals surface area contributed by atoms with E-state index in [4.69, 9.17) is 4.74 Å². The monoisotopic (exact) mass is 391 g/mol. The second-order valence-corrected chi connectivity index (χ2v) is 6.75. The number of pyridine rings is 1. The van der Waals surface area contributed by atoms with Gasteiger partial charge >= 0.3 is 0 Å². The summed E-state index contributed by atoms with van der Waals surface area (Å²) in [5, 5.41) is 14.9. The number of aromatic nitrogens is 3. The summed E-state index contributed by atoms with van der Waals surface area (Å²) in [6, 6.07) is 13.2. The van der Waals surface area contributed by atoms with Crippen molar-refractivity contribution >= 4 is 33.6 Å². The lowest BCUT2D eigenvalue weighted by atomic mass is 10.1. The summed E-state index contributed by atoms with van der Waals surface area (Å²) in [5.41, 5.74) is 4.92. The SMILES string of the molecule is CCOc1ccccc1-c1sc2c(NN=Cc3ccccn3)ncnc2c1O. The molecule has 0 fully saturated rings. The smallest absolute Gasteiger partial charge is 0.167 e. The van der Waals surface area contributed by atoms with Gasteiger partial charge in [0.2, 0.25) is 0 Å². The number of hydrazone groups is 1. The molecule has 0 saturated carbocycles. The van der Waals surface area contributed by atoms with Crippen LogP contribution in [-0.4, -0.2) is 32.9 Å². The lowest BCUT2D eigenvalue weighted by molar-refractivity contribution is 0.341. The van der Waals surface area contributed by atoms with E-state index in [-0.39, 0.29) is 5.75 Å². The Morgan fingerprint density at radius 1 is 1.14 bits per heavy atom. The number of hydrogen-bond donors (Lipinski definition) is 2. The molecular weight excluding hydrogens is 374 g/mol. The summed E-state index contributed by atoms with van der Waals surface area (Å²) in [4.78, 5) is 13.4. The number of nitrogens with one attached hydrogen (secondary N) is 1. The maximum Gasteiger partial charge on any atom is 0.167 e. The molecule has 4 rings (SSSR count). The fourth-order valence-electron chi connectivity index (χ4n) is 2.71. The van der Waals surface area contributed by atoms with Crippen molar-refractivity contribution in [2.45, 2.75) is 6.92 Å². The molecule has 8 heteroatoms. The molecule has 28 heavy (non-hydrogen) atoms. The van der Waals surface area contributed by atoms with Gasteiger partial charge < -0.3 is 9.84 Å². The van der Waals surface area contributed by atoms with Gasteiger partial charge in [-0.2, -0.15) is 5.10 Å². The molecule has 0 spiro atoms. The molecule has 0 aliphatic carbocycles. The minimum absolute atomic E-state index is 0.103. The van der Waals surface area contributed by atoms with Gasteiger partial charge in [-0.15, -0.1) is 11.3 Å². The van der Waals surface area contributed by atoms with E-state index in [2.05, 4.69) is 25.5 Å².